The van der Waals surface area contributed by atoms with E-state index in [9.17, 15) is 14.4 Å². The van der Waals surface area contributed by atoms with Crippen LogP contribution in [0.1, 0.15) is 46.8 Å². The van der Waals surface area contributed by atoms with Crippen LogP contribution in [0.2, 0.25) is 0 Å². The molecule has 160 valence electrons. The van der Waals surface area contributed by atoms with E-state index in [1.165, 1.54) is 16.5 Å². The summed E-state index contributed by atoms with van der Waals surface area (Å²) in [4.78, 5) is 39.8. The fourth-order valence-corrected chi connectivity index (χ4v) is 6.70. The van der Waals surface area contributed by atoms with Crippen LogP contribution in [-0.4, -0.2) is 34.1 Å². The standard InChI is InChI=1S/C25H20N2O3S2/c28-22(26-19-8-4-7-18(13-19)25-31-11-12-32-25)17-9-10-20-21(14-17)24(30)27(23(20)29)15-16-5-2-1-3-6-16/h1-10,13-14,25H,11-12,15H2,(H,26,28). The second-order valence-electron chi connectivity index (χ2n) is 7.60. The molecule has 0 unspecified atom stereocenters. The number of hydrogen-bond acceptors (Lipinski definition) is 5. The van der Waals surface area contributed by atoms with Crippen molar-refractivity contribution in [1.29, 1.82) is 0 Å². The Morgan fingerprint density at radius 1 is 0.875 bits per heavy atom. The number of hydrogen-bond donors (Lipinski definition) is 1. The van der Waals surface area contributed by atoms with Crippen molar-refractivity contribution in [3.8, 4) is 0 Å². The van der Waals surface area contributed by atoms with Gasteiger partial charge in [0.1, 0.15) is 0 Å². The number of fused-ring (bicyclic) bond motifs is 1. The highest BCUT2D eigenvalue weighted by molar-refractivity contribution is 8.19. The van der Waals surface area contributed by atoms with Crippen molar-refractivity contribution in [2.75, 3.05) is 16.8 Å². The van der Waals surface area contributed by atoms with Crippen molar-refractivity contribution in [2.24, 2.45) is 0 Å². The molecule has 0 aromatic heterocycles. The normalized spacial score (nSPS) is 15.8. The minimum absolute atomic E-state index is 0.207. The van der Waals surface area contributed by atoms with Gasteiger partial charge < -0.3 is 5.32 Å². The summed E-state index contributed by atoms with van der Waals surface area (Å²) in [5, 5.41) is 2.92. The van der Waals surface area contributed by atoms with E-state index in [2.05, 4.69) is 11.4 Å². The molecule has 0 atom stereocenters. The number of nitrogens with one attached hydrogen (secondary N) is 1. The molecule has 2 aliphatic rings. The van der Waals surface area contributed by atoms with Crippen molar-refractivity contribution < 1.29 is 14.4 Å². The molecule has 5 nitrogen and oxygen atoms in total. The smallest absolute Gasteiger partial charge is 0.261 e. The molecule has 0 saturated carbocycles. The van der Waals surface area contributed by atoms with Gasteiger partial charge in [0.2, 0.25) is 0 Å². The molecular weight excluding hydrogens is 440 g/mol. The first kappa shape index (κ1) is 20.8. The zero-order valence-corrected chi connectivity index (χ0v) is 18.7. The molecule has 2 aliphatic heterocycles. The Balaban J connectivity index is 1.34. The van der Waals surface area contributed by atoms with Crippen LogP contribution in [0, 0.1) is 0 Å². The van der Waals surface area contributed by atoms with E-state index < -0.39 is 0 Å². The van der Waals surface area contributed by atoms with E-state index in [0.29, 0.717) is 21.4 Å². The van der Waals surface area contributed by atoms with Crippen LogP contribution in [0.5, 0.6) is 0 Å². The number of carbonyl (C=O) groups excluding carboxylic acids is 3. The number of benzene rings is 3. The molecule has 3 amide bonds. The van der Waals surface area contributed by atoms with Crippen LogP contribution in [0.15, 0.2) is 72.8 Å². The highest BCUT2D eigenvalue weighted by Crippen LogP contribution is 2.45. The zero-order chi connectivity index (χ0) is 22.1. The first-order valence-electron chi connectivity index (χ1n) is 10.3. The molecular formula is C25H20N2O3S2. The predicted octanol–water partition coefficient (Wildman–Crippen LogP) is 5.21. The van der Waals surface area contributed by atoms with E-state index in [0.717, 1.165) is 17.1 Å². The zero-order valence-electron chi connectivity index (χ0n) is 17.1. The third kappa shape index (κ3) is 4.06. The largest absolute Gasteiger partial charge is 0.322 e. The Morgan fingerprint density at radius 3 is 2.41 bits per heavy atom. The quantitative estimate of drug-likeness (QED) is 0.529. The summed E-state index contributed by atoms with van der Waals surface area (Å²) in [6.07, 6.45) is 0. The molecule has 5 rings (SSSR count). The van der Waals surface area contributed by atoms with Crippen molar-refractivity contribution >= 4 is 46.9 Å². The Bertz CT molecular complexity index is 1210. The summed E-state index contributed by atoms with van der Waals surface area (Å²) < 4.78 is 0.395. The molecule has 32 heavy (non-hydrogen) atoms. The number of rotatable bonds is 5. The Kier molecular flexibility index (Phi) is 5.76. The topological polar surface area (TPSA) is 66.5 Å². The molecule has 0 bridgehead atoms. The maximum Gasteiger partial charge on any atom is 0.261 e. The minimum atomic E-state index is -0.374. The predicted molar refractivity (Wildman–Crippen MR) is 129 cm³/mol. The lowest BCUT2D eigenvalue weighted by Crippen LogP contribution is -2.29. The minimum Gasteiger partial charge on any atom is -0.322 e. The maximum absolute atomic E-state index is 12.9. The average Bonchev–Trinajstić information content (AvgIpc) is 3.44. The van der Waals surface area contributed by atoms with Crippen LogP contribution in [-0.2, 0) is 6.54 Å². The van der Waals surface area contributed by atoms with E-state index in [4.69, 9.17) is 0 Å². The van der Waals surface area contributed by atoms with Gasteiger partial charge in [-0.1, -0.05) is 42.5 Å². The van der Waals surface area contributed by atoms with Crippen molar-refractivity contribution in [2.45, 2.75) is 11.1 Å². The molecule has 3 aromatic carbocycles. The van der Waals surface area contributed by atoms with Gasteiger partial charge in [0.15, 0.2) is 0 Å². The third-order valence-corrected chi connectivity index (χ3v) is 8.56. The number of amides is 3. The van der Waals surface area contributed by atoms with Gasteiger partial charge in [0.05, 0.1) is 22.3 Å². The first-order chi connectivity index (χ1) is 15.6. The van der Waals surface area contributed by atoms with Crippen molar-refractivity contribution in [1.82, 2.24) is 4.90 Å². The SMILES string of the molecule is O=C(Nc1cccc(C2SCCS2)c1)c1ccc2c(c1)C(=O)N(Cc1ccccc1)C2=O. The van der Waals surface area contributed by atoms with E-state index in [1.54, 1.807) is 12.1 Å². The summed E-state index contributed by atoms with van der Waals surface area (Å²) in [5.41, 5.74) is 3.72. The van der Waals surface area contributed by atoms with Gasteiger partial charge in [-0.3, -0.25) is 19.3 Å². The molecule has 1 fully saturated rings. The van der Waals surface area contributed by atoms with E-state index in [-0.39, 0.29) is 29.8 Å². The summed E-state index contributed by atoms with van der Waals surface area (Å²) >= 11 is 3.82. The van der Waals surface area contributed by atoms with Crippen molar-refractivity contribution in [3.05, 3.63) is 101 Å². The third-order valence-electron chi connectivity index (χ3n) is 5.45. The molecule has 1 N–H and O–H groups in total. The monoisotopic (exact) mass is 460 g/mol. The lowest BCUT2D eigenvalue weighted by atomic mass is 10.1. The number of imide groups is 1. The van der Waals surface area contributed by atoms with Gasteiger partial charge in [-0.25, -0.2) is 0 Å². The number of nitrogens with zero attached hydrogens (tertiary/aromatic N) is 1. The Morgan fingerprint density at radius 2 is 1.62 bits per heavy atom. The molecule has 2 heterocycles. The van der Waals surface area contributed by atoms with Gasteiger partial charge in [0.25, 0.3) is 17.7 Å². The molecule has 1 saturated heterocycles. The lowest BCUT2D eigenvalue weighted by Gasteiger charge is -2.13. The molecule has 0 aliphatic carbocycles. The average molecular weight is 461 g/mol. The van der Waals surface area contributed by atoms with E-state index >= 15 is 0 Å². The van der Waals surface area contributed by atoms with Gasteiger partial charge in [-0.05, 0) is 41.5 Å². The molecule has 7 heteroatoms. The number of thioether (sulfide) groups is 2. The lowest BCUT2D eigenvalue weighted by molar-refractivity contribution is 0.0642. The second kappa shape index (κ2) is 8.84. The maximum atomic E-state index is 12.9. The van der Waals surface area contributed by atoms with Gasteiger partial charge in [-0.15, -0.1) is 23.5 Å². The summed E-state index contributed by atoms with van der Waals surface area (Å²) in [7, 11) is 0. The first-order valence-corrected chi connectivity index (χ1v) is 12.4. The van der Waals surface area contributed by atoms with Gasteiger partial charge in [0, 0.05) is 22.8 Å². The van der Waals surface area contributed by atoms with E-state index in [1.807, 2.05) is 72.1 Å². The van der Waals surface area contributed by atoms with Gasteiger partial charge >= 0.3 is 0 Å². The molecule has 0 radical (unpaired) electrons. The van der Waals surface area contributed by atoms with Crippen LogP contribution >= 0.6 is 23.5 Å². The summed E-state index contributed by atoms with van der Waals surface area (Å²) in [6, 6.07) is 21.9. The Hall–Kier alpha value is -3.03. The highest BCUT2D eigenvalue weighted by atomic mass is 32.2. The second-order valence-corrected chi connectivity index (χ2v) is 10.3. The van der Waals surface area contributed by atoms with Crippen LogP contribution in [0.4, 0.5) is 5.69 Å². The van der Waals surface area contributed by atoms with Crippen LogP contribution in [0.25, 0.3) is 0 Å². The number of carbonyl (C=O) groups is 3. The summed E-state index contributed by atoms with van der Waals surface area (Å²) in [5.74, 6) is 1.25. The highest BCUT2D eigenvalue weighted by Gasteiger charge is 2.36. The fraction of sp³-hybridized carbons (Fsp3) is 0.160. The number of anilines is 1. The van der Waals surface area contributed by atoms with Gasteiger partial charge in [-0.2, -0.15) is 0 Å². The fourth-order valence-electron chi connectivity index (χ4n) is 3.86. The Labute approximate surface area is 194 Å². The summed E-state index contributed by atoms with van der Waals surface area (Å²) in [6.45, 7) is 0.207. The van der Waals surface area contributed by atoms with Crippen LogP contribution < -0.4 is 5.32 Å². The van der Waals surface area contributed by atoms with Crippen molar-refractivity contribution in [3.63, 3.8) is 0 Å². The molecule has 3 aromatic rings. The molecule has 0 spiro atoms. The van der Waals surface area contributed by atoms with Crippen LogP contribution in [0.3, 0.4) is 0 Å².